The van der Waals surface area contributed by atoms with Crippen LogP contribution in [0.3, 0.4) is 0 Å². The van der Waals surface area contributed by atoms with Gasteiger partial charge in [0.15, 0.2) is 0 Å². The van der Waals surface area contributed by atoms with Gasteiger partial charge in [-0.1, -0.05) is 53.9 Å². The molecular weight excluding hydrogens is 498 g/mol. The minimum atomic E-state index is -0.401. The summed E-state index contributed by atoms with van der Waals surface area (Å²) in [6.45, 7) is 14.9. The molecule has 6 nitrogen and oxygen atoms in total. The third kappa shape index (κ3) is 5.82. The van der Waals surface area contributed by atoms with Crippen LogP contribution in [-0.4, -0.2) is 29.5 Å². The van der Waals surface area contributed by atoms with Gasteiger partial charge in [0.2, 0.25) is 5.91 Å². The number of carbonyl (C=O) groups is 2. The number of primary amides is 1. The molecule has 2 saturated carbocycles. The lowest BCUT2D eigenvalue weighted by molar-refractivity contribution is -0.119. The number of hydrogen-bond acceptors (Lipinski definition) is 3. The number of nitrogens with one attached hydrogen (secondary N) is 1. The van der Waals surface area contributed by atoms with Crippen LogP contribution < -0.4 is 15.8 Å². The highest BCUT2D eigenvalue weighted by Gasteiger charge is 2.49. The van der Waals surface area contributed by atoms with Crippen molar-refractivity contribution in [2.75, 3.05) is 13.2 Å². The second kappa shape index (κ2) is 10.6. The lowest BCUT2D eigenvalue weighted by atomic mass is 9.79. The van der Waals surface area contributed by atoms with Gasteiger partial charge < -0.3 is 20.4 Å². The van der Waals surface area contributed by atoms with Crippen LogP contribution >= 0.6 is 0 Å². The molecule has 3 aliphatic rings. The maximum Gasteiger partial charge on any atom is 0.253 e. The van der Waals surface area contributed by atoms with Crippen molar-refractivity contribution in [2.24, 2.45) is 17.1 Å². The van der Waals surface area contributed by atoms with Gasteiger partial charge in [-0.15, -0.1) is 0 Å². The average molecular weight is 548 g/mol. The standard InChI is InChI=1S/C34H49N3O3/c1-22-25(31(39)36-21-33(5,6)19-29(35)38)18-28(37(22)20-23-10-8-7-9-11-23)24-16-26(32(2,3)4)30-27(17-24)34(12-13-34)14-15-40-30/h16-18,23H,7-15,19-21H2,1-6H3,(H2,35,38)(H,36,39). The van der Waals surface area contributed by atoms with E-state index >= 15 is 0 Å². The van der Waals surface area contributed by atoms with E-state index in [0.717, 1.165) is 36.7 Å². The largest absolute Gasteiger partial charge is 0.493 e. The van der Waals surface area contributed by atoms with Gasteiger partial charge in [-0.05, 0) is 79.5 Å². The van der Waals surface area contributed by atoms with Gasteiger partial charge in [-0.2, -0.15) is 0 Å². The molecule has 1 aromatic carbocycles. The zero-order valence-corrected chi connectivity index (χ0v) is 25.5. The molecule has 2 aromatic rings. The zero-order chi connectivity index (χ0) is 28.9. The van der Waals surface area contributed by atoms with Crippen molar-refractivity contribution in [3.8, 4) is 17.0 Å². The summed E-state index contributed by atoms with van der Waals surface area (Å²) in [5, 5.41) is 3.11. The minimum absolute atomic E-state index is 0.0600. The van der Waals surface area contributed by atoms with Crippen LogP contribution in [0, 0.1) is 18.3 Å². The second-order valence-corrected chi connectivity index (χ2v) is 14.7. The van der Waals surface area contributed by atoms with Crippen LogP contribution in [-0.2, 0) is 22.2 Å². The van der Waals surface area contributed by atoms with Gasteiger partial charge >= 0.3 is 0 Å². The van der Waals surface area contributed by atoms with Gasteiger partial charge in [0.1, 0.15) is 5.75 Å². The highest BCUT2D eigenvalue weighted by molar-refractivity contribution is 5.97. The molecule has 6 heteroatoms. The van der Waals surface area contributed by atoms with Gasteiger partial charge in [-0.25, -0.2) is 0 Å². The van der Waals surface area contributed by atoms with Crippen LogP contribution in [0.2, 0.25) is 0 Å². The summed E-state index contributed by atoms with van der Waals surface area (Å²) in [6, 6.07) is 6.80. The number of rotatable bonds is 8. The highest BCUT2D eigenvalue weighted by atomic mass is 16.5. The third-order valence-corrected chi connectivity index (χ3v) is 9.60. The third-order valence-electron chi connectivity index (χ3n) is 9.60. The smallest absolute Gasteiger partial charge is 0.253 e. The van der Waals surface area contributed by atoms with Crippen molar-refractivity contribution < 1.29 is 14.3 Å². The Labute approximate surface area is 240 Å². The van der Waals surface area contributed by atoms with Gasteiger partial charge in [0.25, 0.3) is 5.91 Å². The summed E-state index contributed by atoms with van der Waals surface area (Å²) < 4.78 is 8.77. The molecule has 2 fully saturated rings. The first-order valence-corrected chi connectivity index (χ1v) is 15.4. The van der Waals surface area contributed by atoms with Gasteiger partial charge in [0.05, 0.1) is 12.2 Å². The van der Waals surface area contributed by atoms with Crippen molar-refractivity contribution in [3.63, 3.8) is 0 Å². The topological polar surface area (TPSA) is 86.3 Å². The van der Waals surface area contributed by atoms with E-state index in [1.165, 1.54) is 61.6 Å². The first kappa shape index (κ1) is 28.8. The molecular formula is C34H49N3O3. The Morgan fingerprint density at radius 1 is 1.05 bits per heavy atom. The Morgan fingerprint density at radius 2 is 1.75 bits per heavy atom. The van der Waals surface area contributed by atoms with Gasteiger partial charge in [0, 0.05) is 47.4 Å². The van der Waals surface area contributed by atoms with Crippen molar-refractivity contribution >= 4 is 11.8 Å². The first-order valence-electron chi connectivity index (χ1n) is 15.4. The number of aromatic nitrogens is 1. The van der Waals surface area contributed by atoms with Crippen molar-refractivity contribution in [1.82, 2.24) is 9.88 Å². The fourth-order valence-electron chi connectivity index (χ4n) is 6.96. The lowest BCUT2D eigenvalue weighted by Crippen LogP contribution is -2.36. The van der Waals surface area contributed by atoms with Crippen molar-refractivity contribution in [2.45, 2.75) is 117 Å². The summed E-state index contributed by atoms with van der Waals surface area (Å²) >= 11 is 0. The van der Waals surface area contributed by atoms with E-state index in [0.29, 0.717) is 18.0 Å². The molecule has 2 heterocycles. The molecule has 0 atom stereocenters. The number of amides is 2. The number of nitrogens with two attached hydrogens (primary N) is 1. The molecule has 1 aliphatic heterocycles. The van der Waals surface area contributed by atoms with Crippen LogP contribution in [0.1, 0.15) is 120 Å². The molecule has 5 rings (SSSR count). The maximum absolute atomic E-state index is 13.6. The normalized spacial score (nSPS) is 18.8. The van der Waals surface area contributed by atoms with Crippen LogP contribution in [0.4, 0.5) is 0 Å². The summed E-state index contributed by atoms with van der Waals surface area (Å²) in [4.78, 5) is 25.1. The number of fused-ring (bicyclic) bond motifs is 2. The minimum Gasteiger partial charge on any atom is -0.493 e. The van der Waals surface area contributed by atoms with E-state index in [1.807, 2.05) is 13.8 Å². The summed E-state index contributed by atoms with van der Waals surface area (Å²) in [5.74, 6) is 1.28. The van der Waals surface area contributed by atoms with Crippen molar-refractivity contribution in [1.29, 1.82) is 0 Å². The predicted molar refractivity (Wildman–Crippen MR) is 161 cm³/mol. The fraction of sp³-hybridized carbons (Fsp3) is 0.647. The van der Waals surface area contributed by atoms with Crippen LogP contribution in [0.15, 0.2) is 18.2 Å². The number of hydrogen-bond donors (Lipinski definition) is 2. The van der Waals surface area contributed by atoms with E-state index in [4.69, 9.17) is 10.5 Å². The summed E-state index contributed by atoms with van der Waals surface area (Å²) in [6.07, 6.45) is 10.2. The average Bonchev–Trinajstić information content (AvgIpc) is 3.58. The predicted octanol–water partition coefficient (Wildman–Crippen LogP) is 6.79. The number of ether oxygens (including phenoxy) is 1. The maximum atomic E-state index is 13.6. The highest BCUT2D eigenvalue weighted by Crippen LogP contribution is 2.58. The summed E-state index contributed by atoms with van der Waals surface area (Å²) in [5.41, 5.74) is 11.9. The second-order valence-electron chi connectivity index (χ2n) is 14.7. The van der Waals surface area contributed by atoms with Crippen molar-refractivity contribution in [3.05, 3.63) is 40.6 Å². The molecule has 0 bridgehead atoms. The molecule has 0 unspecified atom stereocenters. The van der Waals surface area contributed by atoms with Crippen LogP contribution in [0.25, 0.3) is 11.3 Å². The quantitative estimate of drug-likeness (QED) is 0.382. The van der Waals surface area contributed by atoms with E-state index in [2.05, 4.69) is 55.8 Å². The zero-order valence-electron chi connectivity index (χ0n) is 25.5. The van der Waals surface area contributed by atoms with Gasteiger partial charge in [-0.3, -0.25) is 9.59 Å². The molecule has 0 saturated heterocycles. The number of nitrogens with zero attached hydrogens (tertiary/aromatic N) is 1. The Bertz CT molecular complexity index is 1270. The fourth-order valence-corrected chi connectivity index (χ4v) is 6.96. The molecule has 2 aliphatic carbocycles. The Balaban J connectivity index is 1.57. The number of benzene rings is 1. The van der Waals surface area contributed by atoms with E-state index in [1.54, 1.807) is 0 Å². The molecule has 40 heavy (non-hydrogen) atoms. The molecule has 218 valence electrons. The Hall–Kier alpha value is -2.76. The Morgan fingerprint density at radius 3 is 2.38 bits per heavy atom. The SMILES string of the molecule is Cc1c(C(=O)NCC(C)(C)CC(N)=O)cc(-c2cc(C(C)(C)C)c3c(c2)C2(CCO3)CC2)n1CC1CCCCC1. The monoisotopic (exact) mass is 547 g/mol. The molecule has 1 aromatic heterocycles. The molecule has 0 radical (unpaired) electrons. The lowest BCUT2D eigenvalue weighted by Gasteiger charge is -2.33. The first-order chi connectivity index (χ1) is 18.8. The Kier molecular flexibility index (Phi) is 7.60. The number of carbonyl (C=O) groups excluding carboxylic acids is 2. The van der Waals surface area contributed by atoms with E-state index < -0.39 is 5.41 Å². The molecule has 2 amide bonds. The van der Waals surface area contributed by atoms with Crippen LogP contribution in [0.5, 0.6) is 5.75 Å². The molecule has 3 N–H and O–H groups in total. The van der Waals surface area contributed by atoms with E-state index in [9.17, 15) is 9.59 Å². The summed E-state index contributed by atoms with van der Waals surface area (Å²) in [7, 11) is 0. The van der Waals surface area contributed by atoms with E-state index in [-0.39, 0.29) is 29.1 Å². The molecule has 1 spiro atoms.